The lowest BCUT2D eigenvalue weighted by atomic mass is 10.1. The summed E-state index contributed by atoms with van der Waals surface area (Å²) in [5.41, 5.74) is 6.74. The number of rotatable bonds is 4. The molecule has 2 heterocycles. The number of hydrogen-bond donors (Lipinski definition) is 1. The number of likely N-dealkylation sites (tertiary alicyclic amines) is 1. The second kappa shape index (κ2) is 5.73. The highest BCUT2D eigenvalue weighted by Gasteiger charge is 2.29. The zero-order valence-electron chi connectivity index (χ0n) is 11.7. The first-order chi connectivity index (χ1) is 9.76. The molecule has 5 heteroatoms. The van der Waals surface area contributed by atoms with Crippen LogP contribution >= 0.6 is 0 Å². The van der Waals surface area contributed by atoms with Gasteiger partial charge in [-0.05, 0) is 25.8 Å². The van der Waals surface area contributed by atoms with Crippen LogP contribution in [0.4, 0.5) is 0 Å². The van der Waals surface area contributed by atoms with Crippen LogP contribution in [0.5, 0.6) is 0 Å². The van der Waals surface area contributed by atoms with Crippen LogP contribution in [0, 0.1) is 5.92 Å². The molecule has 1 aromatic carbocycles. The van der Waals surface area contributed by atoms with Gasteiger partial charge >= 0.3 is 0 Å². The Kier molecular flexibility index (Phi) is 3.80. The third-order valence-corrected chi connectivity index (χ3v) is 3.96. The molecule has 2 atom stereocenters. The molecule has 0 saturated carbocycles. The van der Waals surface area contributed by atoms with Crippen LogP contribution in [0.3, 0.4) is 0 Å². The third kappa shape index (κ3) is 2.73. The van der Waals surface area contributed by atoms with E-state index in [-0.39, 0.29) is 0 Å². The van der Waals surface area contributed by atoms with Crippen LogP contribution in [-0.4, -0.2) is 34.2 Å². The van der Waals surface area contributed by atoms with E-state index in [1.807, 2.05) is 30.3 Å². The Balaban J connectivity index is 1.69. The lowest BCUT2D eigenvalue weighted by Crippen LogP contribution is -2.27. The molecular formula is C15H20N4O. The Bertz CT molecular complexity index is 554. The lowest BCUT2D eigenvalue weighted by Gasteiger charge is -2.18. The van der Waals surface area contributed by atoms with Gasteiger partial charge in [0.2, 0.25) is 11.7 Å². The predicted molar refractivity (Wildman–Crippen MR) is 76.8 cm³/mol. The van der Waals surface area contributed by atoms with Gasteiger partial charge in [-0.15, -0.1) is 0 Å². The van der Waals surface area contributed by atoms with Gasteiger partial charge < -0.3 is 10.3 Å². The van der Waals surface area contributed by atoms with E-state index in [1.165, 1.54) is 0 Å². The molecular weight excluding hydrogens is 252 g/mol. The lowest BCUT2D eigenvalue weighted by molar-refractivity contribution is 0.218. The van der Waals surface area contributed by atoms with Crippen molar-refractivity contribution in [2.24, 2.45) is 11.7 Å². The summed E-state index contributed by atoms with van der Waals surface area (Å²) in [6.07, 6.45) is 1.15. The number of benzene rings is 1. The summed E-state index contributed by atoms with van der Waals surface area (Å²) in [5, 5.41) is 4.06. The summed E-state index contributed by atoms with van der Waals surface area (Å²) in [7, 11) is 0. The minimum Gasteiger partial charge on any atom is -0.338 e. The molecule has 0 radical (unpaired) electrons. The van der Waals surface area contributed by atoms with E-state index in [4.69, 9.17) is 10.3 Å². The summed E-state index contributed by atoms with van der Waals surface area (Å²) in [6, 6.07) is 10.4. The fraction of sp³-hybridized carbons (Fsp3) is 0.467. The Morgan fingerprint density at radius 3 is 2.85 bits per heavy atom. The normalized spacial score (nSPS) is 23.3. The van der Waals surface area contributed by atoms with E-state index in [2.05, 4.69) is 22.0 Å². The third-order valence-electron chi connectivity index (χ3n) is 3.96. The molecule has 1 aliphatic heterocycles. The van der Waals surface area contributed by atoms with E-state index in [0.717, 1.165) is 25.1 Å². The summed E-state index contributed by atoms with van der Waals surface area (Å²) in [4.78, 5) is 6.84. The molecule has 106 valence electrons. The quantitative estimate of drug-likeness (QED) is 0.920. The van der Waals surface area contributed by atoms with Crippen molar-refractivity contribution in [2.45, 2.75) is 25.9 Å². The second-order valence-corrected chi connectivity index (χ2v) is 5.49. The monoisotopic (exact) mass is 272 g/mol. The van der Waals surface area contributed by atoms with E-state index in [1.54, 1.807) is 0 Å². The van der Waals surface area contributed by atoms with Gasteiger partial charge in [0.1, 0.15) is 0 Å². The Hall–Kier alpha value is -1.72. The van der Waals surface area contributed by atoms with E-state index >= 15 is 0 Å². The molecule has 1 fully saturated rings. The number of hydrogen-bond acceptors (Lipinski definition) is 5. The Morgan fingerprint density at radius 1 is 1.35 bits per heavy atom. The molecule has 2 aromatic rings. The van der Waals surface area contributed by atoms with Crippen molar-refractivity contribution in [2.75, 3.05) is 13.1 Å². The molecule has 3 rings (SSSR count). The van der Waals surface area contributed by atoms with Crippen molar-refractivity contribution in [1.82, 2.24) is 15.0 Å². The van der Waals surface area contributed by atoms with E-state index in [9.17, 15) is 0 Å². The summed E-state index contributed by atoms with van der Waals surface area (Å²) in [6.45, 7) is 4.70. The smallest absolute Gasteiger partial charge is 0.241 e. The molecule has 0 amide bonds. The minimum absolute atomic E-state index is 0.524. The zero-order chi connectivity index (χ0) is 13.9. The topological polar surface area (TPSA) is 68.2 Å². The van der Waals surface area contributed by atoms with Gasteiger partial charge in [0, 0.05) is 18.2 Å². The average molecular weight is 272 g/mol. The van der Waals surface area contributed by atoms with Gasteiger partial charge in [-0.25, -0.2) is 0 Å². The Labute approximate surface area is 118 Å². The molecule has 0 aliphatic carbocycles. The van der Waals surface area contributed by atoms with Gasteiger partial charge in [0.15, 0.2) is 0 Å². The fourth-order valence-corrected chi connectivity index (χ4v) is 2.81. The molecule has 1 aliphatic rings. The first-order valence-corrected chi connectivity index (χ1v) is 7.08. The molecule has 1 aromatic heterocycles. The maximum Gasteiger partial charge on any atom is 0.241 e. The second-order valence-electron chi connectivity index (χ2n) is 5.49. The highest BCUT2D eigenvalue weighted by Crippen LogP contribution is 2.24. The van der Waals surface area contributed by atoms with Crippen molar-refractivity contribution >= 4 is 0 Å². The van der Waals surface area contributed by atoms with Crippen molar-refractivity contribution in [3.05, 3.63) is 36.2 Å². The maximum atomic E-state index is 5.75. The van der Waals surface area contributed by atoms with Crippen LogP contribution in [0.1, 0.15) is 19.2 Å². The molecule has 0 bridgehead atoms. The number of nitrogens with zero attached hydrogens (tertiary/aromatic N) is 3. The molecule has 0 spiro atoms. The molecule has 5 nitrogen and oxygen atoms in total. The average Bonchev–Trinajstić information content (AvgIpc) is 3.08. The van der Waals surface area contributed by atoms with Crippen LogP contribution in [0.25, 0.3) is 11.4 Å². The van der Waals surface area contributed by atoms with Gasteiger partial charge in [-0.2, -0.15) is 4.98 Å². The molecule has 2 N–H and O–H groups in total. The summed E-state index contributed by atoms with van der Waals surface area (Å²) >= 11 is 0. The zero-order valence-corrected chi connectivity index (χ0v) is 11.7. The van der Waals surface area contributed by atoms with Gasteiger partial charge in [-0.1, -0.05) is 35.5 Å². The fourth-order valence-electron chi connectivity index (χ4n) is 2.81. The van der Waals surface area contributed by atoms with Crippen LogP contribution in [-0.2, 0) is 6.54 Å². The minimum atomic E-state index is 0.524. The SMILES string of the molecule is CC1CC(CN)CN1Cc1nc(-c2ccccc2)no1. The van der Waals surface area contributed by atoms with E-state index < -0.39 is 0 Å². The van der Waals surface area contributed by atoms with Crippen LogP contribution in [0.2, 0.25) is 0 Å². The van der Waals surface area contributed by atoms with Crippen molar-refractivity contribution < 1.29 is 4.52 Å². The number of nitrogens with two attached hydrogens (primary N) is 1. The first-order valence-electron chi connectivity index (χ1n) is 7.08. The first kappa shape index (κ1) is 13.3. The van der Waals surface area contributed by atoms with Gasteiger partial charge in [0.25, 0.3) is 0 Å². The number of aromatic nitrogens is 2. The predicted octanol–water partition coefficient (Wildman–Crippen LogP) is 1.91. The highest BCUT2D eigenvalue weighted by atomic mass is 16.5. The molecule has 20 heavy (non-hydrogen) atoms. The van der Waals surface area contributed by atoms with Crippen molar-refractivity contribution in [3.63, 3.8) is 0 Å². The van der Waals surface area contributed by atoms with Gasteiger partial charge in [-0.3, -0.25) is 4.90 Å². The van der Waals surface area contributed by atoms with Gasteiger partial charge in [0.05, 0.1) is 6.54 Å². The largest absolute Gasteiger partial charge is 0.338 e. The molecule has 2 unspecified atom stereocenters. The standard InChI is InChI=1S/C15H20N4O/c1-11-7-12(8-16)9-19(11)10-14-17-15(18-20-14)13-5-3-2-4-6-13/h2-6,11-12H,7-10,16H2,1H3. The maximum absolute atomic E-state index is 5.75. The molecule has 1 saturated heterocycles. The summed E-state index contributed by atoms with van der Waals surface area (Å²) in [5.74, 6) is 1.91. The Morgan fingerprint density at radius 2 is 2.15 bits per heavy atom. The van der Waals surface area contributed by atoms with Crippen LogP contribution in [0.15, 0.2) is 34.9 Å². The van der Waals surface area contributed by atoms with Crippen molar-refractivity contribution in [3.8, 4) is 11.4 Å². The van der Waals surface area contributed by atoms with Crippen LogP contribution < -0.4 is 5.73 Å². The van der Waals surface area contributed by atoms with Crippen molar-refractivity contribution in [1.29, 1.82) is 0 Å². The summed E-state index contributed by atoms with van der Waals surface area (Å²) < 4.78 is 5.36. The highest BCUT2D eigenvalue weighted by molar-refractivity contribution is 5.53. The van der Waals surface area contributed by atoms with E-state index in [0.29, 0.717) is 30.2 Å².